The van der Waals surface area contributed by atoms with Gasteiger partial charge in [0.25, 0.3) is 0 Å². The van der Waals surface area contributed by atoms with Crippen LogP contribution in [0.2, 0.25) is 0 Å². The number of esters is 1. The molecule has 466 valence electrons. The molecule has 0 heterocycles. The first-order valence-electron chi connectivity index (χ1n) is 35.8. The van der Waals surface area contributed by atoms with E-state index >= 15 is 0 Å². The molecule has 2 unspecified atom stereocenters. The average molecular weight is 1110 g/mol. The van der Waals surface area contributed by atoms with Gasteiger partial charge in [-0.1, -0.05) is 352 Å². The zero-order valence-electron chi connectivity index (χ0n) is 53.4. The zero-order chi connectivity index (χ0) is 57.1. The van der Waals surface area contributed by atoms with Crippen molar-refractivity contribution >= 4 is 11.9 Å². The Morgan fingerprint density at radius 3 is 0.975 bits per heavy atom. The van der Waals surface area contributed by atoms with E-state index in [9.17, 15) is 19.8 Å². The van der Waals surface area contributed by atoms with Crippen LogP contribution in [0.3, 0.4) is 0 Å². The molecule has 1 amide bonds. The number of allylic oxidation sites excluding steroid dienone is 5. The van der Waals surface area contributed by atoms with Crippen molar-refractivity contribution in [2.24, 2.45) is 0 Å². The molecule has 0 spiro atoms. The van der Waals surface area contributed by atoms with Crippen LogP contribution in [0.25, 0.3) is 0 Å². The highest BCUT2D eigenvalue weighted by atomic mass is 16.5. The average Bonchev–Trinajstić information content (AvgIpc) is 3.45. The van der Waals surface area contributed by atoms with Gasteiger partial charge in [-0.05, 0) is 64.2 Å². The third-order valence-corrected chi connectivity index (χ3v) is 16.7. The quantitative estimate of drug-likeness (QED) is 0.0320. The number of rotatable bonds is 67. The Balaban J connectivity index is 3.37. The van der Waals surface area contributed by atoms with Gasteiger partial charge in [-0.15, -0.1) is 0 Å². The number of carbonyl (C=O) groups is 2. The van der Waals surface area contributed by atoms with Gasteiger partial charge >= 0.3 is 5.97 Å². The molecule has 0 aromatic rings. The maximum Gasteiger partial charge on any atom is 0.305 e. The van der Waals surface area contributed by atoms with Crippen LogP contribution in [0.1, 0.15) is 393 Å². The van der Waals surface area contributed by atoms with Crippen molar-refractivity contribution < 1.29 is 24.5 Å². The molecule has 0 aliphatic carbocycles. The van der Waals surface area contributed by atoms with Crippen LogP contribution in [0.5, 0.6) is 0 Å². The second-order valence-electron chi connectivity index (χ2n) is 24.6. The molecule has 0 aliphatic heterocycles. The molecule has 0 aromatic carbocycles. The minimum Gasteiger partial charge on any atom is -0.466 e. The predicted molar refractivity (Wildman–Crippen MR) is 347 cm³/mol. The molecule has 0 aliphatic rings. The largest absolute Gasteiger partial charge is 0.466 e. The van der Waals surface area contributed by atoms with Gasteiger partial charge in [-0.3, -0.25) is 9.59 Å². The maximum atomic E-state index is 12.5. The van der Waals surface area contributed by atoms with Gasteiger partial charge in [0, 0.05) is 12.8 Å². The summed E-state index contributed by atoms with van der Waals surface area (Å²) in [6, 6.07) is -0.627. The van der Waals surface area contributed by atoms with Crippen molar-refractivity contribution in [1.82, 2.24) is 5.32 Å². The predicted octanol–water partition coefficient (Wildman–Crippen LogP) is 23.1. The Bertz CT molecular complexity index is 1280. The molecule has 6 nitrogen and oxygen atoms in total. The number of aliphatic hydroxyl groups excluding tert-OH is 2. The highest BCUT2D eigenvalue weighted by molar-refractivity contribution is 5.76. The third-order valence-electron chi connectivity index (χ3n) is 16.7. The summed E-state index contributed by atoms with van der Waals surface area (Å²) in [5.74, 6) is -0.0526. The summed E-state index contributed by atoms with van der Waals surface area (Å²) in [4.78, 5) is 24.6. The summed E-state index contributed by atoms with van der Waals surface area (Å²) >= 11 is 0. The Morgan fingerprint density at radius 2 is 0.633 bits per heavy atom. The molecule has 0 fully saturated rings. The van der Waals surface area contributed by atoms with Crippen LogP contribution in [-0.4, -0.2) is 47.4 Å². The first kappa shape index (κ1) is 77.1. The summed E-state index contributed by atoms with van der Waals surface area (Å²) in [6.45, 7) is 4.92. The van der Waals surface area contributed by atoms with E-state index in [1.54, 1.807) is 6.08 Å². The number of carbonyl (C=O) groups excluding carboxylic acids is 2. The standard InChI is InChI=1S/C73H139NO5/c1-3-5-7-9-11-13-15-17-19-21-33-37-41-45-49-53-57-61-65-71(76)70(69-75)74-72(77)66-62-58-54-50-46-42-38-34-31-29-27-25-23-24-26-28-30-32-36-40-44-48-52-56-60-64-68-79-73(78)67-63-59-55-51-47-43-39-35-22-20-18-16-14-12-10-8-6-4-2/h14,16,20,22,61,65,70-71,75-76H,3-13,15,17-19,21,23-60,62-64,66-69H2,1-2H3,(H,74,77)/b16-14-,22-20-,65-61+. The van der Waals surface area contributed by atoms with Crippen LogP contribution >= 0.6 is 0 Å². The maximum absolute atomic E-state index is 12.5. The van der Waals surface area contributed by atoms with E-state index in [2.05, 4.69) is 43.5 Å². The summed E-state index contributed by atoms with van der Waals surface area (Å²) in [7, 11) is 0. The van der Waals surface area contributed by atoms with Crippen LogP contribution in [-0.2, 0) is 14.3 Å². The molecule has 0 aromatic heterocycles. The number of aliphatic hydroxyl groups is 2. The fraction of sp³-hybridized carbons (Fsp3) is 0.890. The zero-order valence-corrected chi connectivity index (χ0v) is 53.4. The van der Waals surface area contributed by atoms with E-state index in [-0.39, 0.29) is 18.5 Å². The van der Waals surface area contributed by atoms with Crippen molar-refractivity contribution in [3.63, 3.8) is 0 Å². The molecule has 0 rings (SSSR count). The Kier molecular flexibility index (Phi) is 66.9. The molecule has 6 heteroatoms. The summed E-state index contributed by atoms with van der Waals surface area (Å²) < 4.78 is 5.50. The first-order valence-corrected chi connectivity index (χ1v) is 35.8. The fourth-order valence-corrected chi connectivity index (χ4v) is 11.2. The molecular formula is C73H139NO5. The van der Waals surface area contributed by atoms with Gasteiger partial charge in [-0.2, -0.15) is 0 Å². The van der Waals surface area contributed by atoms with Crippen LogP contribution in [0.15, 0.2) is 36.5 Å². The van der Waals surface area contributed by atoms with E-state index in [0.717, 1.165) is 51.4 Å². The van der Waals surface area contributed by atoms with Crippen molar-refractivity contribution in [1.29, 1.82) is 0 Å². The van der Waals surface area contributed by atoms with E-state index in [0.29, 0.717) is 19.4 Å². The van der Waals surface area contributed by atoms with Crippen molar-refractivity contribution in [3.8, 4) is 0 Å². The van der Waals surface area contributed by atoms with Gasteiger partial charge in [0.15, 0.2) is 0 Å². The lowest BCUT2D eigenvalue weighted by Gasteiger charge is -2.20. The van der Waals surface area contributed by atoms with Crippen molar-refractivity contribution in [2.75, 3.05) is 13.2 Å². The summed E-state index contributed by atoms with van der Waals surface area (Å²) in [5, 5.41) is 23.2. The molecule has 0 radical (unpaired) electrons. The molecule has 3 N–H and O–H groups in total. The lowest BCUT2D eigenvalue weighted by molar-refractivity contribution is -0.143. The molecule has 0 saturated carbocycles. The lowest BCUT2D eigenvalue weighted by Crippen LogP contribution is -2.45. The van der Waals surface area contributed by atoms with Gasteiger partial charge in [0.05, 0.1) is 25.4 Å². The number of ether oxygens (including phenoxy) is 1. The molecule has 79 heavy (non-hydrogen) atoms. The molecule has 0 saturated heterocycles. The Morgan fingerprint density at radius 1 is 0.354 bits per heavy atom. The van der Waals surface area contributed by atoms with Gasteiger partial charge in [0.1, 0.15) is 0 Å². The Labute approximate surface area is 494 Å². The minimum absolute atomic E-state index is 0.0100. The first-order chi connectivity index (χ1) is 39.0. The lowest BCUT2D eigenvalue weighted by atomic mass is 10.0. The number of hydrogen-bond donors (Lipinski definition) is 3. The Hall–Kier alpha value is -1.92. The summed E-state index contributed by atoms with van der Waals surface area (Å²) in [5.41, 5.74) is 0. The highest BCUT2D eigenvalue weighted by Gasteiger charge is 2.18. The van der Waals surface area contributed by atoms with Crippen molar-refractivity contribution in [2.45, 2.75) is 405 Å². The van der Waals surface area contributed by atoms with Gasteiger partial charge < -0.3 is 20.3 Å². The summed E-state index contributed by atoms with van der Waals surface area (Å²) in [6.07, 6.45) is 87.9. The second-order valence-corrected chi connectivity index (χ2v) is 24.6. The van der Waals surface area contributed by atoms with Crippen LogP contribution in [0, 0.1) is 0 Å². The SMILES string of the molecule is CCCCCC/C=C\C/C=C\CCCCCCCCCC(=O)OCCCCCCCCCCCCCCCCCCCCCCCCCCCCC(=O)NC(CO)C(O)/C=C/CCCCCCCCCCCCCCCCCC. The van der Waals surface area contributed by atoms with Gasteiger partial charge in [-0.25, -0.2) is 0 Å². The monoisotopic (exact) mass is 1110 g/mol. The molecule has 2 atom stereocenters. The second kappa shape index (κ2) is 68.6. The number of unbranched alkanes of at least 4 members (excludes halogenated alkanes) is 52. The van der Waals surface area contributed by atoms with E-state index < -0.39 is 12.1 Å². The normalized spacial score (nSPS) is 12.7. The smallest absolute Gasteiger partial charge is 0.305 e. The van der Waals surface area contributed by atoms with Crippen LogP contribution < -0.4 is 5.32 Å². The topological polar surface area (TPSA) is 95.9 Å². The van der Waals surface area contributed by atoms with Crippen LogP contribution in [0.4, 0.5) is 0 Å². The fourth-order valence-electron chi connectivity index (χ4n) is 11.2. The molecular weight excluding hydrogens is 971 g/mol. The van der Waals surface area contributed by atoms with Crippen molar-refractivity contribution in [3.05, 3.63) is 36.5 Å². The van der Waals surface area contributed by atoms with E-state index in [1.165, 1.54) is 315 Å². The number of nitrogens with one attached hydrogen (secondary N) is 1. The molecule has 0 bridgehead atoms. The third kappa shape index (κ3) is 65.1. The number of hydrogen-bond acceptors (Lipinski definition) is 5. The minimum atomic E-state index is -0.844. The van der Waals surface area contributed by atoms with E-state index in [4.69, 9.17) is 4.74 Å². The highest BCUT2D eigenvalue weighted by Crippen LogP contribution is 2.19. The van der Waals surface area contributed by atoms with Gasteiger partial charge in [0.2, 0.25) is 5.91 Å². The van der Waals surface area contributed by atoms with E-state index in [1.807, 2.05) is 6.08 Å². The number of amides is 1.